The van der Waals surface area contributed by atoms with Crippen LogP contribution in [0, 0.1) is 0 Å². The number of carbonyl (C=O) groups is 1. The van der Waals surface area contributed by atoms with Crippen LogP contribution in [0.1, 0.15) is 25.8 Å². The predicted octanol–water partition coefficient (Wildman–Crippen LogP) is 0.119. The first-order chi connectivity index (χ1) is 9.10. The number of hydrogen-bond donors (Lipinski definition) is 4. The number of nitrogens with zero attached hydrogens (tertiary/aromatic N) is 2. The number of rotatable bonds is 8. The van der Waals surface area contributed by atoms with Gasteiger partial charge in [-0.1, -0.05) is 13.3 Å². The molecule has 1 heterocycles. The Bertz CT molecular complexity index is 425. The van der Waals surface area contributed by atoms with E-state index in [4.69, 9.17) is 5.73 Å². The summed E-state index contributed by atoms with van der Waals surface area (Å²) in [7, 11) is 0. The van der Waals surface area contributed by atoms with Gasteiger partial charge in [0, 0.05) is 12.1 Å². The standard InChI is InChI=1S/C12H21N5O2/c1-3-5-8-11(14-4-2)16-7-17-12(8)15-6-9(18)10(13)19/h7,9,18H,3-6H2,1-2H3,(H2,13,19)(H2,14,15,16,17). The van der Waals surface area contributed by atoms with Gasteiger partial charge in [0.05, 0.1) is 6.54 Å². The van der Waals surface area contributed by atoms with E-state index in [-0.39, 0.29) is 6.54 Å². The van der Waals surface area contributed by atoms with Crippen molar-refractivity contribution in [1.82, 2.24) is 9.97 Å². The van der Waals surface area contributed by atoms with Crippen LogP contribution in [0.5, 0.6) is 0 Å². The molecule has 0 aromatic carbocycles. The number of anilines is 2. The summed E-state index contributed by atoms with van der Waals surface area (Å²) in [5.74, 6) is 0.633. The Morgan fingerprint density at radius 3 is 2.53 bits per heavy atom. The Morgan fingerprint density at radius 2 is 2.00 bits per heavy atom. The van der Waals surface area contributed by atoms with Crippen LogP contribution in [0.4, 0.5) is 11.6 Å². The number of amides is 1. The maximum atomic E-state index is 10.8. The van der Waals surface area contributed by atoms with Gasteiger partial charge in [-0.25, -0.2) is 9.97 Å². The third-order valence-corrected chi connectivity index (χ3v) is 2.58. The lowest BCUT2D eigenvalue weighted by molar-refractivity contribution is -0.125. The molecule has 0 aliphatic rings. The Labute approximate surface area is 112 Å². The molecule has 5 N–H and O–H groups in total. The van der Waals surface area contributed by atoms with Gasteiger partial charge < -0.3 is 21.5 Å². The van der Waals surface area contributed by atoms with Crippen molar-refractivity contribution in [1.29, 1.82) is 0 Å². The van der Waals surface area contributed by atoms with Crippen LogP contribution < -0.4 is 16.4 Å². The molecule has 1 aromatic rings. The number of primary amides is 1. The van der Waals surface area contributed by atoms with Crippen LogP contribution in [0.2, 0.25) is 0 Å². The molecule has 0 saturated carbocycles. The average Bonchev–Trinajstić information content (AvgIpc) is 2.39. The van der Waals surface area contributed by atoms with Crippen molar-refractivity contribution < 1.29 is 9.90 Å². The topological polar surface area (TPSA) is 113 Å². The molecule has 0 bridgehead atoms. The van der Waals surface area contributed by atoms with Gasteiger partial charge in [0.2, 0.25) is 5.91 Å². The molecule has 0 aliphatic heterocycles. The van der Waals surface area contributed by atoms with Gasteiger partial charge in [0.15, 0.2) is 0 Å². The molecular formula is C12H21N5O2. The van der Waals surface area contributed by atoms with Crippen molar-refractivity contribution in [2.75, 3.05) is 23.7 Å². The van der Waals surface area contributed by atoms with Crippen LogP contribution in [0.25, 0.3) is 0 Å². The lowest BCUT2D eigenvalue weighted by atomic mass is 10.1. The molecule has 19 heavy (non-hydrogen) atoms. The van der Waals surface area contributed by atoms with Crippen molar-refractivity contribution in [2.45, 2.75) is 32.8 Å². The fourth-order valence-corrected chi connectivity index (χ4v) is 1.67. The molecule has 1 amide bonds. The Morgan fingerprint density at radius 1 is 1.37 bits per heavy atom. The second kappa shape index (κ2) is 7.52. The minimum absolute atomic E-state index is 0.0363. The van der Waals surface area contributed by atoms with Crippen molar-refractivity contribution in [3.8, 4) is 0 Å². The number of carbonyl (C=O) groups excluding carboxylic acids is 1. The Balaban J connectivity index is 2.86. The van der Waals surface area contributed by atoms with Crippen LogP contribution in [-0.4, -0.2) is 40.2 Å². The molecule has 7 heteroatoms. The maximum Gasteiger partial charge on any atom is 0.248 e. The lowest BCUT2D eigenvalue weighted by Gasteiger charge is -2.15. The third-order valence-electron chi connectivity index (χ3n) is 2.58. The van der Waals surface area contributed by atoms with Crippen molar-refractivity contribution in [3.63, 3.8) is 0 Å². The average molecular weight is 267 g/mol. The molecule has 0 saturated heterocycles. The Hall–Kier alpha value is -1.89. The van der Waals surface area contributed by atoms with E-state index < -0.39 is 12.0 Å². The zero-order valence-electron chi connectivity index (χ0n) is 11.3. The minimum Gasteiger partial charge on any atom is -0.381 e. The second-order valence-electron chi connectivity index (χ2n) is 4.13. The van der Waals surface area contributed by atoms with Crippen molar-refractivity contribution in [3.05, 3.63) is 11.9 Å². The molecular weight excluding hydrogens is 246 g/mol. The first-order valence-electron chi connectivity index (χ1n) is 6.39. The van der Waals surface area contributed by atoms with E-state index in [2.05, 4.69) is 27.5 Å². The van der Waals surface area contributed by atoms with Crippen molar-refractivity contribution >= 4 is 17.5 Å². The van der Waals surface area contributed by atoms with E-state index in [9.17, 15) is 9.90 Å². The molecule has 7 nitrogen and oxygen atoms in total. The largest absolute Gasteiger partial charge is 0.381 e. The number of nitrogens with one attached hydrogen (secondary N) is 2. The van der Waals surface area contributed by atoms with Crippen LogP contribution in [0.3, 0.4) is 0 Å². The fourth-order valence-electron chi connectivity index (χ4n) is 1.67. The summed E-state index contributed by atoms with van der Waals surface area (Å²) < 4.78 is 0. The van der Waals surface area contributed by atoms with E-state index >= 15 is 0 Å². The highest BCUT2D eigenvalue weighted by Crippen LogP contribution is 2.21. The van der Waals surface area contributed by atoms with Gasteiger partial charge in [-0.05, 0) is 13.3 Å². The first kappa shape index (κ1) is 15.2. The number of aromatic nitrogens is 2. The highest BCUT2D eigenvalue weighted by Gasteiger charge is 2.14. The Kier molecular flexibility index (Phi) is 6.01. The molecule has 106 valence electrons. The SMILES string of the molecule is CCCc1c(NCC)ncnc1NCC(O)C(N)=O. The van der Waals surface area contributed by atoms with Crippen LogP contribution >= 0.6 is 0 Å². The summed E-state index contributed by atoms with van der Waals surface area (Å²) >= 11 is 0. The normalized spacial score (nSPS) is 11.9. The summed E-state index contributed by atoms with van der Waals surface area (Å²) in [5, 5.41) is 15.5. The first-order valence-corrected chi connectivity index (χ1v) is 6.39. The quantitative estimate of drug-likeness (QED) is 0.532. The van der Waals surface area contributed by atoms with Gasteiger partial charge in [0.25, 0.3) is 0 Å². The fraction of sp³-hybridized carbons (Fsp3) is 0.583. The highest BCUT2D eigenvalue weighted by atomic mass is 16.3. The van der Waals surface area contributed by atoms with Crippen LogP contribution in [0.15, 0.2) is 6.33 Å². The molecule has 1 aromatic heterocycles. The third kappa shape index (κ3) is 4.36. The zero-order chi connectivity index (χ0) is 14.3. The number of aliphatic hydroxyl groups excluding tert-OH is 1. The van der Waals surface area contributed by atoms with Crippen LogP contribution in [-0.2, 0) is 11.2 Å². The van der Waals surface area contributed by atoms with Gasteiger partial charge in [-0.3, -0.25) is 4.79 Å². The number of nitrogens with two attached hydrogens (primary N) is 1. The lowest BCUT2D eigenvalue weighted by Crippen LogP contribution is -2.34. The highest BCUT2D eigenvalue weighted by molar-refractivity contribution is 5.79. The number of aliphatic hydroxyl groups is 1. The van der Waals surface area contributed by atoms with E-state index in [1.165, 1.54) is 6.33 Å². The predicted molar refractivity (Wildman–Crippen MR) is 73.9 cm³/mol. The molecule has 0 fully saturated rings. The zero-order valence-corrected chi connectivity index (χ0v) is 11.3. The summed E-state index contributed by atoms with van der Waals surface area (Å²) in [4.78, 5) is 19.1. The molecule has 1 atom stereocenters. The minimum atomic E-state index is -1.23. The maximum absolute atomic E-state index is 10.8. The van der Waals surface area contributed by atoms with E-state index in [0.29, 0.717) is 5.82 Å². The van der Waals surface area contributed by atoms with E-state index in [1.54, 1.807) is 0 Å². The summed E-state index contributed by atoms with van der Waals surface area (Å²) in [5.41, 5.74) is 5.95. The van der Waals surface area contributed by atoms with E-state index in [1.807, 2.05) is 6.92 Å². The van der Waals surface area contributed by atoms with Gasteiger partial charge in [-0.2, -0.15) is 0 Å². The summed E-state index contributed by atoms with van der Waals surface area (Å²) in [6.45, 7) is 4.85. The van der Waals surface area contributed by atoms with Crippen molar-refractivity contribution in [2.24, 2.45) is 5.73 Å². The number of hydrogen-bond acceptors (Lipinski definition) is 6. The van der Waals surface area contributed by atoms with Gasteiger partial charge in [0.1, 0.15) is 24.1 Å². The molecule has 1 unspecified atom stereocenters. The molecule has 1 rings (SSSR count). The molecule has 0 radical (unpaired) electrons. The van der Waals surface area contributed by atoms with E-state index in [0.717, 1.165) is 30.8 Å². The van der Waals surface area contributed by atoms with Gasteiger partial charge in [-0.15, -0.1) is 0 Å². The monoisotopic (exact) mass is 267 g/mol. The molecule has 0 aliphatic carbocycles. The summed E-state index contributed by atoms with van der Waals surface area (Å²) in [6, 6.07) is 0. The van der Waals surface area contributed by atoms with Gasteiger partial charge >= 0.3 is 0 Å². The summed E-state index contributed by atoms with van der Waals surface area (Å²) in [6.07, 6.45) is 1.96. The molecule has 0 spiro atoms. The smallest absolute Gasteiger partial charge is 0.248 e. The second-order valence-corrected chi connectivity index (χ2v) is 4.13.